The summed E-state index contributed by atoms with van der Waals surface area (Å²) in [6, 6.07) is 10.2. The minimum absolute atomic E-state index is 0.123. The van der Waals surface area contributed by atoms with Gasteiger partial charge in [-0.15, -0.1) is 6.42 Å². The topological polar surface area (TPSA) is 12.0 Å². The zero-order chi connectivity index (χ0) is 10.7. The monoisotopic (exact) mass is 195 g/mol. The fourth-order valence-electron chi connectivity index (χ4n) is 1.67. The van der Waals surface area contributed by atoms with Crippen molar-refractivity contribution in [2.75, 3.05) is 0 Å². The summed E-state index contributed by atoms with van der Waals surface area (Å²) in [5.41, 5.74) is 3.19. The summed E-state index contributed by atoms with van der Waals surface area (Å²) in [6.07, 6.45) is 8.40. The predicted molar refractivity (Wildman–Crippen MR) is 63.6 cm³/mol. The first kappa shape index (κ1) is 9.61. The molecule has 0 aromatic heterocycles. The van der Waals surface area contributed by atoms with Crippen LogP contribution < -0.4 is 5.32 Å². The SMILES string of the molecule is C#CC1CC=C(c2ccccc2)NC1=C. The van der Waals surface area contributed by atoms with Crippen LogP contribution in [0.3, 0.4) is 0 Å². The van der Waals surface area contributed by atoms with E-state index in [-0.39, 0.29) is 5.92 Å². The molecule has 0 fully saturated rings. The van der Waals surface area contributed by atoms with Crippen LogP contribution in [0, 0.1) is 18.3 Å². The van der Waals surface area contributed by atoms with Crippen LogP contribution in [0.2, 0.25) is 0 Å². The molecule has 0 spiro atoms. The van der Waals surface area contributed by atoms with Crippen LogP contribution in [-0.2, 0) is 0 Å². The molecule has 1 aromatic carbocycles. The molecule has 1 atom stereocenters. The lowest BCUT2D eigenvalue weighted by Crippen LogP contribution is -2.21. The molecule has 0 saturated carbocycles. The molecular formula is C14H13N. The molecule has 1 unspecified atom stereocenters. The standard InChI is InChI=1S/C14H13N/c1-3-12-9-10-14(15-11(12)2)13-7-5-4-6-8-13/h1,4-8,10,12,15H,2,9H2. The molecule has 1 aliphatic rings. The summed E-state index contributed by atoms with van der Waals surface area (Å²) >= 11 is 0. The molecule has 1 aliphatic heterocycles. The van der Waals surface area contributed by atoms with Crippen LogP contribution in [0.5, 0.6) is 0 Å². The molecule has 1 aromatic rings. The van der Waals surface area contributed by atoms with Gasteiger partial charge in [0, 0.05) is 11.4 Å². The number of nitrogens with one attached hydrogen (secondary N) is 1. The second kappa shape index (κ2) is 4.06. The lowest BCUT2D eigenvalue weighted by Gasteiger charge is -2.22. The summed E-state index contributed by atoms with van der Waals surface area (Å²) in [5.74, 6) is 2.84. The largest absolute Gasteiger partial charge is 0.358 e. The van der Waals surface area contributed by atoms with Gasteiger partial charge in [0.25, 0.3) is 0 Å². The van der Waals surface area contributed by atoms with Crippen molar-refractivity contribution in [1.29, 1.82) is 0 Å². The minimum atomic E-state index is 0.123. The summed E-state index contributed by atoms with van der Waals surface area (Å²) in [7, 11) is 0. The fraction of sp³-hybridized carbons (Fsp3) is 0.143. The molecule has 2 rings (SSSR count). The molecule has 1 heterocycles. The fourth-order valence-corrected chi connectivity index (χ4v) is 1.67. The molecule has 15 heavy (non-hydrogen) atoms. The first-order valence-corrected chi connectivity index (χ1v) is 4.99. The van der Waals surface area contributed by atoms with Gasteiger partial charge in [0.15, 0.2) is 0 Å². The van der Waals surface area contributed by atoms with Gasteiger partial charge in [-0.2, -0.15) is 0 Å². The van der Waals surface area contributed by atoms with Crippen LogP contribution in [0.15, 0.2) is 48.7 Å². The normalized spacial score (nSPS) is 20.1. The highest BCUT2D eigenvalue weighted by Crippen LogP contribution is 2.24. The van der Waals surface area contributed by atoms with Gasteiger partial charge in [-0.25, -0.2) is 0 Å². The van der Waals surface area contributed by atoms with Crippen LogP contribution in [0.4, 0.5) is 0 Å². The molecule has 0 bridgehead atoms. The molecule has 0 saturated heterocycles. The van der Waals surface area contributed by atoms with E-state index in [1.165, 1.54) is 5.56 Å². The van der Waals surface area contributed by atoms with Crippen LogP contribution in [0.1, 0.15) is 12.0 Å². The van der Waals surface area contributed by atoms with Crippen LogP contribution >= 0.6 is 0 Å². The van der Waals surface area contributed by atoms with E-state index in [1.807, 2.05) is 18.2 Å². The van der Waals surface area contributed by atoms with E-state index in [9.17, 15) is 0 Å². The Labute approximate surface area is 90.5 Å². The molecule has 0 aliphatic carbocycles. The van der Waals surface area contributed by atoms with Crippen molar-refractivity contribution in [3.8, 4) is 12.3 Å². The van der Waals surface area contributed by atoms with Crippen molar-refractivity contribution in [1.82, 2.24) is 5.32 Å². The van der Waals surface area contributed by atoms with Gasteiger partial charge >= 0.3 is 0 Å². The van der Waals surface area contributed by atoms with E-state index in [0.717, 1.165) is 17.8 Å². The highest BCUT2D eigenvalue weighted by Gasteiger charge is 2.15. The maximum absolute atomic E-state index is 5.40. The molecule has 74 valence electrons. The third-order valence-electron chi connectivity index (χ3n) is 2.56. The summed E-state index contributed by atoms with van der Waals surface area (Å²) in [4.78, 5) is 0. The van der Waals surface area contributed by atoms with E-state index >= 15 is 0 Å². The van der Waals surface area contributed by atoms with E-state index in [0.29, 0.717) is 0 Å². The second-order valence-electron chi connectivity index (χ2n) is 3.59. The predicted octanol–water partition coefficient (Wildman–Crippen LogP) is 2.78. The maximum Gasteiger partial charge on any atom is 0.0629 e. The molecule has 1 N–H and O–H groups in total. The van der Waals surface area contributed by atoms with Gasteiger partial charge in [-0.05, 0) is 12.0 Å². The number of allylic oxidation sites excluding steroid dienone is 2. The van der Waals surface area contributed by atoms with E-state index in [1.54, 1.807) is 0 Å². The van der Waals surface area contributed by atoms with Gasteiger partial charge in [-0.1, -0.05) is 48.9 Å². The zero-order valence-corrected chi connectivity index (χ0v) is 8.53. The van der Waals surface area contributed by atoms with E-state index in [4.69, 9.17) is 6.42 Å². The molecule has 1 nitrogen and oxygen atoms in total. The number of hydrogen-bond donors (Lipinski definition) is 1. The number of terminal acetylenes is 1. The van der Waals surface area contributed by atoms with Crippen LogP contribution in [0.25, 0.3) is 5.70 Å². The Morgan fingerprint density at radius 3 is 2.67 bits per heavy atom. The Balaban J connectivity index is 2.25. The van der Waals surface area contributed by atoms with Crippen molar-refractivity contribution in [3.05, 3.63) is 54.2 Å². The minimum Gasteiger partial charge on any atom is -0.358 e. The van der Waals surface area contributed by atoms with Crippen molar-refractivity contribution in [2.24, 2.45) is 5.92 Å². The maximum atomic E-state index is 5.40. The number of hydrogen-bond acceptors (Lipinski definition) is 1. The third kappa shape index (κ3) is 1.94. The van der Waals surface area contributed by atoms with Crippen molar-refractivity contribution >= 4 is 5.70 Å². The van der Waals surface area contributed by atoms with E-state index < -0.39 is 0 Å². The Bertz CT molecular complexity index is 434. The van der Waals surface area contributed by atoms with Gasteiger partial charge in [0.2, 0.25) is 0 Å². The Kier molecular flexibility index (Phi) is 2.60. The highest BCUT2D eigenvalue weighted by molar-refractivity contribution is 5.66. The quantitative estimate of drug-likeness (QED) is 0.679. The second-order valence-corrected chi connectivity index (χ2v) is 3.59. The Morgan fingerprint density at radius 2 is 2.07 bits per heavy atom. The first-order valence-electron chi connectivity index (χ1n) is 4.99. The van der Waals surface area contributed by atoms with Gasteiger partial charge in [0.1, 0.15) is 0 Å². The Hall–Kier alpha value is -1.94. The van der Waals surface area contributed by atoms with E-state index in [2.05, 4.69) is 36.0 Å². The number of rotatable bonds is 1. The van der Waals surface area contributed by atoms with Gasteiger partial charge < -0.3 is 5.32 Å². The average Bonchev–Trinajstić information content (AvgIpc) is 2.30. The summed E-state index contributed by atoms with van der Waals surface area (Å²) in [6.45, 7) is 3.95. The van der Waals surface area contributed by atoms with Crippen molar-refractivity contribution in [3.63, 3.8) is 0 Å². The van der Waals surface area contributed by atoms with Crippen molar-refractivity contribution < 1.29 is 0 Å². The average molecular weight is 195 g/mol. The Morgan fingerprint density at radius 1 is 1.33 bits per heavy atom. The molecule has 1 heteroatoms. The lowest BCUT2D eigenvalue weighted by molar-refractivity contribution is 0.729. The third-order valence-corrected chi connectivity index (χ3v) is 2.56. The number of benzene rings is 1. The lowest BCUT2D eigenvalue weighted by atomic mass is 9.96. The van der Waals surface area contributed by atoms with Crippen LogP contribution in [-0.4, -0.2) is 0 Å². The highest BCUT2D eigenvalue weighted by atomic mass is 14.9. The molecule has 0 amide bonds. The first-order chi connectivity index (χ1) is 7.31. The molecular weight excluding hydrogens is 182 g/mol. The van der Waals surface area contributed by atoms with Gasteiger partial charge in [0.05, 0.1) is 5.92 Å². The van der Waals surface area contributed by atoms with Crippen molar-refractivity contribution in [2.45, 2.75) is 6.42 Å². The summed E-state index contributed by atoms with van der Waals surface area (Å²) < 4.78 is 0. The zero-order valence-electron chi connectivity index (χ0n) is 8.53. The van der Waals surface area contributed by atoms with Gasteiger partial charge in [-0.3, -0.25) is 0 Å². The molecule has 0 radical (unpaired) electrons. The smallest absolute Gasteiger partial charge is 0.0629 e. The summed E-state index contributed by atoms with van der Waals surface area (Å²) in [5, 5.41) is 3.26.